The highest BCUT2D eigenvalue weighted by Gasteiger charge is 2.18. The van der Waals surface area contributed by atoms with Gasteiger partial charge in [-0.2, -0.15) is 5.10 Å². The van der Waals surface area contributed by atoms with Crippen molar-refractivity contribution in [3.63, 3.8) is 0 Å². The molecule has 0 bridgehead atoms. The average Bonchev–Trinajstić information content (AvgIpc) is 3.10. The number of fused-ring (bicyclic) bond motifs is 1. The zero-order valence-corrected chi connectivity index (χ0v) is 14.6. The van der Waals surface area contributed by atoms with E-state index in [9.17, 15) is 4.79 Å². The number of anilines is 1. The molecule has 0 spiro atoms. The van der Waals surface area contributed by atoms with Gasteiger partial charge in [-0.15, -0.1) is 0 Å². The second-order valence-corrected chi connectivity index (χ2v) is 6.20. The first kappa shape index (κ1) is 16.4. The summed E-state index contributed by atoms with van der Waals surface area (Å²) in [6.07, 6.45) is 0. The third-order valence-corrected chi connectivity index (χ3v) is 4.61. The molecule has 0 unspecified atom stereocenters. The third kappa shape index (κ3) is 3.09. The summed E-state index contributed by atoms with van der Waals surface area (Å²) in [6, 6.07) is 13.8. The van der Waals surface area contributed by atoms with Gasteiger partial charge in [0.25, 0.3) is 0 Å². The van der Waals surface area contributed by atoms with Gasteiger partial charge in [-0.05, 0) is 23.8 Å². The molecule has 2 aromatic carbocycles. The molecule has 0 aliphatic carbocycles. The summed E-state index contributed by atoms with van der Waals surface area (Å²) < 4.78 is 5.44. The van der Waals surface area contributed by atoms with Crippen LogP contribution in [0.15, 0.2) is 42.5 Å². The van der Waals surface area contributed by atoms with Crippen molar-refractivity contribution in [2.45, 2.75) is 0 Å². The Hall–Kier alpha value is -3.06. The summed E-state index contributed by atoms with van der Waals surface area (Å²) in [6.45, 7) is 3.03. The molecule has 7 heteroatoms. The van der Waals surface area contributed by atoms with E-state index in [1.165, 1.54) is 0 Å². The van der Waals surface area contributed by atoms with Gasteiger partial charge in [0.2, 0.25) is 0 Å². The fraction of sp³-hybridized carbons (Fsp3) is 0.263. The minimum atomic E-state index is -0.117. The van der Waals surface area contributed by atoms with Gasteiger partial charge in [-0.3, -0.25) is 10.4 Å². The van der Waals surface area contributed by atoms with Gasteiger partial charge >= 0.3 is 6.03 Å². The molecule has 1 aliphatic heterocycles. The lowest BCUT2D eigenvalue weighted by Gasteiger charge is -2.27. The minimum Gasteiger partial charge on any atom is -0.496 e. The first-order chi connectivity index (χ1) is 12.8. The number of piperazine rings is 1. The number of hydrogen-bond donors (Lipinski definition) is 3. The maximum atomic E-state index is 12.4. The number of aromatic nitrogens is 2. The number of para-hydroxylation sites is 1. The van der Waals surface area contributed by atoms with Crippen LogP contribution < -0.4 is 15.4 Å². The maximum Gasteiger partial charge on any atom is 0.323 e. The van der Waals surface area contributed by atoms with Crippen molar-refractivity contribution in [2.24, 2.45) is 0 Å². The standard InChI is InChI=1S/C19H21N5O2/c1-26-17-5-3-2-4-14(17)13-6-7-15-16(12-13)22-23-18(15)21-19(25)24-10-8-20-9-11-24/h2-7,12,20H,8-11H2,1H3,(H2,21,22,23,25). The number of methoxy groups -OCH3 is 1. The summed E-state index contributed by atoms with van der Waals surface area (Å²) in [4.78, 5) is 14.2. The Morgan fingerprint density at radius 3 is 2.81 bits per heavy atom. The topological polar surface area (TPSA) is 82.3 Å². The van der Waals surface area contributed by atoms with Gasteiger partial charge < -0.3 is 15.0 Å². The molecule has 2 amide bonds. The van der Waals surface area contributed by atoms with Crippen LogP contribution >= 0.6 is 0 Å². The van der Waals surface area contributed by atoms with Gasteiger partial charge in [0.1, 0.15) is 5.75 Å². The molecule has 7 nitrogen and oxygen atoms in total. The number of urea groups is 1. The van der Waals surface area contributed by atoms with E-state index in [4.69, 9.17) is 4.74 Å². The van der Waals surface area contributed by atoms with E-state index in [0.717, 1.165) is 40.9 Å². The van der Waals surface area contributed by atoms with Crippen LogP contribution in [0.3, 0.4) is 0 Å². The van der Waals surface area contributed by atoms with Gasteiger partial charge in [0, 0.05) is 37.1 Å². The number of nitrogens with zero attached hydrogens (tertiary/aromatic N) is 2. The fourth-order valence-electron chi connectivity index (χ4n) is 3.21. The van der Waals surface area contributed by atoms with Crippen LogP contribution in [0.2, 0.25) is 0 Å². The Bertz CT molecular complexity index is 931. The van der Waals surface area contributed by atoms with Gasteiger partial charge in [-0.1, -0.05) is 24.3 Å². The average molecular weight is 351 g/mol. The van der Waals surface area contributed by atoms with Crippen LogP contribution in [-0.2, 0) is 0 Å². The normalized spacial score (nSPS) is 14.4. The fourth-order valence-corrected chi connectivity index (χ4v) is 3.21. The van der Waals surface area contributed by atoms with Crippen LogP contribution in [0, 0.1) is 0 Å². The number of aromatic amines is 1. The minimum absolute atomic E-state index is 0.117. The number of ether oxygens (including phenoxy) is 1. The third-order valence-electron chi connectivity index (χ3n) is 4.61. The molecular formula is C19H21N5O2. The van der Waals surface area contributed by atoms with E-state index >= 15 is 0 Å². The highest BCUT2D eigenvalue weighted by Crippen LogP contribution is 2.32. The Kier molecular flexibility index (Phi) is 4.45. The van der Waals surface area contributed by atoms with Crippen molar-refractivity contribution in [1.29, 1.82) is 0 Å². The largest absolute Gasteiger partial charge is 0.496 e. The van der Waals surface area contributed by atoms with Crippen LogP contribution in [0.5, 0.6) is 5.75 Å². The summed E-state index contributed by atoms with van der Waals surface area (Å²) in [5.41, 5.74) is 2.90. The number of amides is 2. The molecule has 1 saturated heterocycles. The number of H-pyrrole nitrogens is 1. The lowest BCUT2D eigenvalue weighted by Crippen LogP contribution is -2.48. The second kappa shape index (κ2) is 7.05. The van der Waals surface area contributed by atoms with Crippen LogP contribution in [-0.4, -0.2) is 54.4 Å². The monoisotopic (exact) mass is 351 g/mol. The van der Waals surface area contributed by atoms with Crippen LogP contribution in [0.4, 0.5) is 10.6 Å². The van der Waals surface area contributed by atoms with Crippen molar-refractivity contribution >= 4 is 22.8 Å². The molecule has 1 aromatic heterocycles. The maximum absolute atomic E-state index is 12.4. The highest BCUT2D eigenvalue weighted by molar-refractivity contribution is 6.00. The molecule has 0 saturated carbocycles. The predicted octanol–water partition coefficient (Wildman–Crippen LogP) is 2.68. The zero-order chi connectivity index (χ0) is 17.9. The molecule has 1 fully saturated rings. The van der Waals surface area contributed by atoms with E-state index in [-0.39, 0.29) is 6.03 Å². The first-order valence-electron chi connectivity index (χ1n) is 8.64. The van der Waals surface area contributed by atoms with Gasteiger partial charge in [0.05, 0.1) is 12.6 Å². The quantitative estimate of drug-likeness (QED) is 0.678. The predicted molar refractivity (Wildman–Crippen MR) is 102 cm³/mol. The molecule has 26 heavy (non-hydrogen) atoms. The molecule has 0 radical (unpaired) electrons. The summed E-state index contributed by atoms with van der Waals surface area (Å²) in [5.74, 6) is 1.37. The smallest absolute Gasteiger partial charge is 0.323 e. The number of carbonyl (C=O) groups excluding carboxylic acids is 1. The summed E-state index contributed by atoms with van der Waals surface area (Å²) >= 11 is 0. The molecule has 3 aromatic rings. The Labute approximate surface area is 151 Å². The lowest BCUT2D eigenvalue weighted by molar-refractivity contribution is 0.204. The van der Waals surface area contributed by atoms with Gasteiger partial charge in [0.15, 0.2) is 5.82 Å². The molecule has 0 atom stereocenters. The molecule has 1 aliphatic rings. The van der Waals surface area contributed by atoms with E-state index in [0.29, 0.717) is 18.9 Å². The Balaban J connectivity index is 1.60. The van der Waals surface area contributed by atoms with Crippen LogP contribution in [0.25, 0.3) is 22.0 Å². The number of benzene rings is 2. The van der Waals surface area contributed by atoms with Crippen molar-refractivity contribution < 1.29 is 9.53 Å². The summed E-state index contributed by atoms with van der Waals surface area (Å²) in [5, 5.41) is 14.3. The highest BCUT2D eigenvalue weighted by atomic mass is 16.5. The van der Waals surface area contributed by atoms with E-state index in [2.05, 4.69) is 20.8 Å². The number of carbonyl (C=O) groups is 1. The number of hydrogen-bond acceptors (Lipinski definition) is 4. The summed E-state index contributed by atoms with van der Waals surface area (Å²) in [7, 11) is 1.66. The molecular weight excluding hydrogens is 330 g/mol. The molecule has 3 N–H and O–H groups in total. The zero-order valence-electron chi connectivity index (χ0n) is 14.6. The molecule has 134 valence electrons. The van der Waals surface area contributed by atoms with Crippen molar-refractivity contribution in [3.8, 4) is 16.9 Å². The van der Waals surface area contributed by atoms with E-state index in [1.54, 1.807) is 12.0 Å². The molecule has 2 heterocycles. The number of rotatable bonds is 3. The Morgan fingerprint density at radius 1 is 1.19 bits per heavy atom. The van der Waals surface area contributed by atoms with E-state index in [1.807, 2.05) is 42.5 Å². The van der Waals surface area contributed by atoms with Crippen molar-refractivity contribution in [3.05, 3.63) is 42.5 Å². The first-order valence-corrected chi connectivity index (χ1v) is 8.64. The number of nitrogens with one attached hydrogen (secondary N) is 3. The van der Waals surface area contributed by atoms with Gasteiger partial charge in [-0.25, -0.2) is 4.79 Å². The Morgan fingerprint density at radius 2 is 2.00 bits per heavy atom. The van der Waals surface area contributed by atoms with E-state index < -0.39 is 0 Å². The molecule has 4 rings (SSSR count). The van der Waals surface area contributed by atoms with Crippen molar-refractivity contribution in [2.75, 3.05) is 38.6 Å². The SMILES string of the molecule is COc1ccccc1-c1ccc2c(NC(=O)N3CCNCC3)n[nH]c2c1. The van der Waals surface area contributed by atoms with Crippen molar-refractivity contribution in [1.82, 2.24) is 20.4 Å². The lowest BCUT2D eigenvalue weighted by atomic mass is 10.0. The van der Waals surface area contributed by atoms with Crippen LogP contribution in [0.1, 0.15) is 0 Å². The second-order valence-electron chi connectivity index (χ2n) is 6.20.